The molecule has 3 rings (SSSR count). The molecule has 1 fully saturated rings. The number of nitriles is 1. The second-order valence-electron chi connectivity index (χ2n) is 6.92. The van der Waals surface area contributed by atoms with Crippen molar-refractivity contribution in [3.8, 4) is 6.07 Å². The number of nitrogens with zero attached hydrogens (tertiary/aromatic N) is 6. The number of benzene rings is 1. The number of anilines is 1. The van der Waals surface area contributed by atoms with Crippen LogP contribution in [0.3, 0.4) is 0 Å². The standard InChI is InChI=1S/C19H19ClN6O4/c1-12-13(2)22-25(19(28)15(12)10-21)11-18(27)24-7-5-23(6-8-24)16-4-3-14(20)9-17(16)26(29)30/h3-4,9H,5-8,11H2,1-2H3. The minimum atomic E-state index is -0.593. The predicted octanol–water partition coefficient (Wildman–Crippen LogP) is 1.64. The summed E-state index contributed by atoms with van der Waals surface area (Å²) in [6.07, 6.45) is 0. The van der Waals surface area contributed by atoms with Gasteiger partial charge in [0.15, 0.2) is 0 Å². The van der Waals surface area contributed by atoms with Gasteiger partial charge in [-0.3, -0.25) is 19.7 Å². The van der Waals surface area contributed by atoms with Crippen LogP contribution in [0.2, 0.25) is 5.02 Å². The van der Waals surface area contributed by atoms with E-state index in [-0.39, 0.29) is 28.7 Å². The number of rotatable bonds is 4. The number of halogens is 1. The molecule has 1 aromatic heterocycles. The van der Waals surface area contributed by atoms with Crippen molar-refractivity contribution in [2.75, 3.05) is 31.1 Å². The quantitative estimate of drug-likeness (QED) is 0.533. The van der Waals surface area contributed by atoms with Crippen molar-refractivity contribution in [1.82, 2.24) is 14.7 Å². The van der Waals surface area contributed by atoms with Gasteiger partial charge in [-0.05, 0) is 31.5 Å². The third-order valence-corrected chi connectivity index (χ3v) is 5.38. The van der Waals surface area contributed by atoms with E-state index in [1.807, 2.05) is 11.0 Å². The largest absolute Gasteiger partial charge is 0.362 e. The van der Waals surface area contributed by atoms with Crippen LogP contribution in [0.4, 0.5) is 11.4 Å². The van der Waals surface area contributed by atoms with Crippen molar-refractivity contribution in [3.63, 3.8) is 0 Å². The number of piperazine rings is 1. The van der Waals surface area contributed by atoms with Crippen LogP contribution in [-0.2, 0) is 11.3 Å². The molecule has 30 heavy (non-hydrogen) atoms. The molecular weight excluding hydrogens is 412 g/mol. The number of carbonyl (C=O) groups is 1. The highest BCUT2D eigenvalue weighted by Gasteiger charge is 2.26. The third-order valence-electron chi connectivity index (χ3n) is 5.14. The minimum Gasteiger partial charge on any atom is -0.362 e. The molecule has 11 heteroatoms. The van der Waals surface area contributed by atoms with E-state index in [1.165, 1.54) is 6.07 Å². The summed E-state index contributed by atoms with van der Waals surface area (Å²) in [5.74, 6) is -0.304. The molecule has 0 radical (unpaired) electrons. The summed E-state index contributed by atoms with van der Waals surface area (Å²) >= 11 is 5.87. The average molecular weight is 431 g/mol. The number of carbonyl (C=O) groups excluding carboxylic acids is 1. The zero-order valence-electron chi connectivity index (χ0n) is 16.5. The zero-order chi connectivity index (χ0) is 22.0. The van der Waals surface area contributed by atoms with E-state index in [1.54, 1.807) is 30.9 Å². The van der Waals surface area contributed by atoms with Gasteiger partial charge in [-0.1, -0.05) is 11.6 Å². The van der Waals surface area contributed by atoms with Crippen LogP contribution in [0.5, 0.6) is 0 Å². The second-order valence-corrected chi connectivity index (χ2v) is 7.35. The molecule has 0 atom stereocenters. The van der Waals surface area contributed by atoms with Gasteiger partial charge in [0.05, 0.1) is 10.6 Å². The lowest BCUT2D eigenvalue weighted by molar-refractivity contribution is -0.384. The average Bonchev–Trinajstić information content (AvgIpc) is 2.72. The van der Waals surface area contributed by atoms with Crippen LogP contribution in [0.1, 0.15) is 16.8 Å². The summed E-state index contributed by atoms with van der Waals surface area (Å²) < 4.78 is 1.01. The third kappa shape index (κ3) is 4.11. The van der Waals surface area contributed by atoms with Gasteiger partial charge in [-0.2, -0.15) is 10.4 Å². The lowest BCUT2D eigenvalue weighted by Gasteiger charge is -2.35. The first-order chi connectivity index (χ1) is 14.2. The summed E-state index contributed by atoms with van der Waals surface area (Å²) in [5, 5.41) is 24.9. The second kappa shape index (κ2) is 8.51. The van der Waals surface area contributed by atoms with Gasteiger partial charge in [0.2, 0.25) is 5.91 Å². The number of aromatic nitrogens is 2. The molecule has 0 saturated carbocycles. The molecule has 1 aromatic carbocycles. The molecule has 0 bridgehead atoms. The number of nitro groups is 1. The zero-order valence-corrected chi connectivity index (χ0v) is 17.2. The van der Waals surface area contributed by atoms with Crippen molar-refractivity contribution in [3.05, 3.63) is 60.5 Å². The Balaban J connectivity index is 1.72. The van der Waals surface area contributed by atoms with Crippen LogP contribution >= 0.6 is 11.6 Å². The van der Waals surface area contributed by atoms with Crippen molar-refractivity contribution in [2.24, 2.45) is 0 Å². The maximum Gasteiger partial charge on any atom is 0.294 e. The van der Waals surface area contributed by atoms with E-state index in [4.69, 9.17) is 11.6 Å². The van der Waals surface area contributed by atoms with Crippen LogP contribution in [0.25, 0.3) is 0 Å². The van der Waals surface area contributed by atoms with E-state index in [0.29, 0.717) is 43.1 Å². The number of aryl methyl sites for hydroxylation is 1. The molecule has 1 aliphatic heterocycles. The number of hydrogen-bond donors (Lipinski definition) is 0. The fourth-order valence-corrected chi connectivity index (χ4v) is 3.51. The molecular formula is C19H19ClN6O4. The molecule has 0 aliphatic carbocycles. The van der Waals surface area contributed by atoms with E-state index in [9.17, 15) is 25.0 Å². The van der Waals surface area contributed by atoms with Crippen molar-refractivity contribution in [2.45, 2.75) is 20.4 Å². The molecule has 156 valence electrons. The van der Waals surface area contributed by atoms with Gasteiger partial charge >= 0.3 is 0 Å². The van der Waals surface area contributed by atoms with Crippen molar-refractivity contribution in [1.29, 1.82) is 5.26 Å². The van der Waals surface area contributed by atoms with Crippen molar-refractivity contribution < 1.29 is 9.72 Å². The molecule has 0 spiro atoms. The first-order valence-electron chi connectivity index (χ1n) is 9.18. The maximum absolute atomic E-state index is 12.7. The Bertz CT molecular complexity index is 1120. The Kier molecular flexibility index (Phi) is 6.03. The van der Waals surface area contributed by atoms with Gasteiger partial charge in [-0.25, -0.2) is 4.68 Å². The van der Waals surface area contributed by atoms with Crippen LogP contribution in [0.15, 0.2) is 23.0 Å². The summed E-state index contributed by atoms with van der Waals surface area (Å²) in [4.78, 5) is 39.3. The lowest BCUT2D eigenvalue weighted by Crippen LogP contribution is -2.50. The Morgan fingerprint density at radius 3 is 2.57 bits per heavy atom. The molecule has 2 aromatic rings. The van der Waals surface area contributed by atoms with Crippen molar-refractivity contribution >= 4 is 28.9 Å². The van der Waals surface area contributed by atoms with E-state index in [0.717, 1.165) is 4.68 Å². The Morgan fingerprint density at radius 1 is 1.30 bits per heavy atom. The number of nitro benzene ring substituents is 1. The minimum absolute atomic E-state index is 0.0184. The highest BCUT2D eigenvalue weighted by Crippen LogP contribution is 2.31. The Labute approximate surface area is 177 Å². The molecule has 2 heterocycles. The normalized spacial score (nSPS) is 13.8. The van der Waals surface area contributed by atoms with Crippen LogP contribution in [-0.4, -0.2) is 51.7 Å². The fraction of sp³-hybridized carbons (Fsp3) is 0.368. The van der Waals surface area contributed by atoms with Gasteiger partial charge in [0, 0.05) is 37.3 Å². The van der Waals surface area contributed by atoms with Gasteiger partial charge in [0.25, 0.3) is 11.2 Å². The molecule has 0 N–H and O–H groups in total. The van der Waals surface area contributed by atoms with Gasteiger partial charge in [0.1, 0.15) is 23.9 Å². The number of hydrogen-bond acceptors (Lipinski definition) is 7. The fourth-order valence-electron chi connectivity index (χ4n) is 3.35. The van der Waals surface area contributed by atoms with E-state index >= 15 is 0 Å². The lowest BCUT2D eigenvalue weighted by atomic mass is 10.1. The first kappa shape index (κ1) is 21.3. The molecule has 1 amide bonds. The van der Waals surface area contributed by atoms with E-state index < -0.39 is 10.5 Å². The summed E-state index contributed by atoms with van der Waals surface area (Å²) in [5.41, 5.74) is 0.766. The summed E-state index contributed by atoms with van der Waals surface area (Å²) in [7, 11) is 0. The van der Waals surface area contributed by atoms with Gasteiger partial charge in [-0.15, -0.1) is 0 Å². The highest BCUT2D eigenvalue weighted by molar-refractivity contribution is 6.30. The van der Waals surface area contributed by atoms with Gasteiger partial charge < -0.3 is 9.80 Å². The Hall–Kier alpha value is -3.45. The Morgan fingerprint density at radius 2 is 1.97 bits per heavy atom. The highest BCUT2D eigenvalue weighted by atomic mass is 35.5. The summed E-state index contributed by atoms with van der Waals surface area (Å²) in [6, 6.07) is 6.36. The smallest absolute Gasteiger partial charge is 0.294 e. The predicted molar refractivity (Wildman–Crippen MR) is 110 cm³/mol. The monoisotopic (exact) mass is 430 g/mol. The molecule has 10 nitrogen and oxygen atoms in total. The molecule has 1 saturated heterocycles. The number of amides is 1. The van der Waals surface area contributed by atoms with Crippen LogP contribution in [0, 0.1) is 35.3 Å². The first-order valence-corrected chi connectivity index (χ1v) is 9.55. The maximum atomic E-state index is 12.7. The topological polar surface area (TPSA) is 125 Å². The van der Waals surface area contributed by atoms with Crippen LogP contribution < -0.4 is 10.5 Å². The molecule has 0 unspecified atom stereocenters. The molecule has 1 aliphatic rings. The SMILES string of the molecule is Cc1nn(CC(=O)N2CCN(c3ccc(Cl)cc3[N+](=O)[O-])CC2)c(=O)c(C#N)c1C. The van der Waals surface area contributed by atoms with E-state index in [2.05, 4.69) is 5.10 Å². The summed E-state index contributed by atoms with van der Waals surface area (Å²) in [6.45, 7) is 4.51.